The Morgan fingerprint density at radius 2 is 1.83 bits per heavy atom. The third kappa shape index (κ3) is 4.14. The molecule has 0 fully saturated rings. The predicted octanol–water partition coefficient (Wildman–Crippen LogP) is 2.37. The number of rotatable bonds is 6. The molecule has 1 amide bonds. The van der Waals surface area contributed by atoms with Gasteiger partial charge in [-0.25, -0.2) is 0 Å². The Kier molecular flexibility index (Phi) is 5.43. The van der Waals surface area contributed by atoms with Crippen LogP contribution in [-0.4, -0.2) is 22.5 Å². The second kappa shape index (κ2) is 7.51. The van der Waals surface area contributed by atoms with Crippen LogP contribution in [0.3, 0.4) is 0 Å². The molecule has 2 aromatic carbocycles. The van der Waals surface area contributed by atoms with Gasteiger partial charge >= 0.3 is 0 Å². The number of aliphatic hydroxyl groups excluding tert-OH is 1. The summed E-state index contributed by atoms with van der Waals surface area (Å²) in [6, 6.07) is 11.9. The van der Waals surface area contributed by atoms with E-state index in [0.717, 1.165) is 11.1 Å². The van der Waals surface area contributed by atoms with Gasteiger partial charge in [-0.05, 0) is 30.5 Å². The van der Waals surface area contributed by atoms with Crippen LogP contribution in [-0.2, 0) is 13.0 Å². The van der Waals surface area contributed by atoms with Gasteiger partial charge < -0.3 is 10.4 Å². The number of nitro benzene ring substituents is 1. The number of nitrogens with one attached hydrogen (secondary N) is 1. The second-order valence-electron chi connectivity index (χ2n) is 5.19. The van der Waals surface area contributed by atoms with Crippen molar-refractivity contribution in [1.82, 2.24) is 5.32 Å². The SMILES string of the molecule is Cc1c(C(=O)NCCc2ccc(CO)cc2)cccc1[N+](=O)[O-]. The molecule has 2 N–H and O–H groups in total. The highest BCUT2D eigenvalue weighted by molar-refractivity contribution is 5.96. The van der Waals surface area contributed by atoms with Crippen LogP contribution in [0, 0.1) is 17.0 Å². The summed E-state index contributed by atoms with van der Waals surface area (Å²) >= 11 is 0. The Bertz CT molecular complexity index is 711. The number of hydrogen-bond donors (Lipinski definition) is 2. The fourth-order valence-electron chi connectivity index (χ4n) is 2.29. The summed E-state index contributed by atoms with van der Waals surface area (Å²) in [5, 5.41) is 22.7. The zero-order valence-electron chi connectivity index (χ0n) is 12.8. The van der Waals surface area contributed by atoms with Crippen molar-refractivity contribution in [3.05, 3.63) is 74.8 Å². The first kappa shape index (κ1) is 16.6. The van der Waals surface area contributed by atoms with E-state index >= 15 is 0 Å². The number of carbonyl (C=O) groups excluding carboxylic acids is 1. The number of carbonyl (C=O) groups is 1. The number of amides is 1. The molecule has 120 valence electrons. The topological polar surface area (TPSA) is 92.5 Å². The third-order valence-corrected chi connectivity index (χ3v) is 3.65. The van der Waals surface area contributed by atoms with Gasteiger partial charge in [-0.3, -0.25) is 14.9 Å². The summed E-state index contributed by atoms with van der Waals surface area (Å²) in [5.41, 5.74) is 2.50. The molecule has 23 heavy (non-hydrogen) atoms. The predicted molar refractivity (Wildman–Crippen MR) is 86.2 cm³/mol. The molecule has 0 aliphatic rings. The van der Waals surface area contributed by atoms with Gasteiger partial charge in [0, 0.05) is 23.7 Å². The quantitative estimate of drug-likeness (QED) is 0.632. The first-order chi connectivity index (χ1) is 11.0. The molecule has 0 unspecified atom stereocenters. The molecule has 0 saturated carbocycles. The van der Waals surface area contributed by atoms with E-state index in [1.54, 1.807) is 13.0 Å². The molecule has 0 radical (unpaired) electrons. The molecular weight excluding hydrogens is 296 g/mol. The van der Waals surface area contributed by atoms with Crippen molar-refractivity contribution in [3.63, 3.8) is 0 Å². The van der Waals surface area contributed by atoms with Crippen molar-refractivity contribution in [2.75, 3.05) is 6.54 Å². The van der Waals surface area contributed by atoms with E-state index in [-0.39, 0.29) is 18.2 Å². The van der Waals surface area contributed by atoms with Crippen molar-refractivity contribution in [2.24, 2.45) is 0 Å². The molecule has 2 rings (SSSR count). The lowest BCUT2D eigenvalue weighted by molar-refractivity contribution is -0.385. The standard InChI is InChI=1S/C17H18N2O4/c1-12-15(3-2-4-16(12)19(22)23)17(21)18-10-9-13-5-7-14(11-20)8-6-13/h2-8,20H,9-11H2,1H3,(H,18,21). The van der Waals surface area contributed by atoms with Gasteiger partial charge in [0.05, 0.1) is 11.5 Å². The molecular formula is C17H18N2O4. The summed E-state index contributed by atoms with van der Waals surface area (Å²) < 4.78 is 0. The highest BCUT2D eigenvalue weighted by Crippen LogP contribution is 2.20. The van der Waals surface area contributed by atoms with Crippen molar-refractivity contribution in [1.29, 1.82) is 0 Å². The number of nitro groups is 1. The molecule has 0 spiro atoms. The van der Waals surface area contributed by atoms with Crippen molar-refractivity contribution >= 4 is 11.6 Å². The molecule has 0 atom stereocenters. The highest BCUT2D eigenvalue weighted by Gasteiger charge is 2.17. The largest absolute Gasteiger partial charge is 0.392 e. The average Bonchev–Trinajstić information content (AvgIpc) is 2.55. The van der Waals surface area contributed by atoms with E-state index in [0.29, 0.717) is 24.1 Å². The van der Waals surface area contributed by atoms with Crippen LogP contribution in [0.25, 0.3) is 0 Å². The van der Waals surface area contributed by atoms with E-state index in [1.807, 2.05) is 24.3 Å². The summed E-state index contributed by atoms with van der Waals surface area (Å²) in [6.07, 6.45) is 0.644. The van der Waals surface area contributed by atoms with Crippen LogP contribution in [0.4, 0.5) is 5.69 Å². The summed E-state index contributed by atoms with van der Waals surface area (Å²) in [4.78, 5) is 22.6. The maximum absolute atomic E-state index is 12.2. The van der Waals surface area contributed by atoms with Gasteiger partial charge in [-0.15, -0.1) is 0 Å². The Hall–Kier alpha value is -2.73. The van der Waals surface area contributed by atoms with E-state index in [2.05, 4.69) is 5.32 Å². The molecule has 0 aliphatic carbocycles. The summed E-state index contributed by atoms with van der Waals surface area (Å²) in [7, 11) is 0. The van der Waals surface area contributed by atoms with Crippen LogP contribution in [0.2, 0.25) is 0 Å². The van der Waals surface area contributed by atoms with Gasteiger partial charge in [0.2, 0.25) is 0 Å². The van der Waals surface area contributed by atoms with E-state index in [9.17, 15) is 14.9 Å². The maximum atomic E-state index is 12.2. The van der Waals surface area contributed by atoms with E-state index in [4.69, 9.17) is 5.11 Å². The lowest BCUT2D eigenvalue weighted by Gasteiger charge is -2.08. The first-order valence-electron chi connectivity index (χ1n) is 7.24. The number of aliphatic hydroxyl groups is 1. The van der Waals surface area contributed by atoms with Crippen LogP contribution in [0.5, 0.6) is 0 Å². The zero-order chi connectivity index (χ0) is 16.8. The van der Waals surface area contributed by atoms with Gasteiger partial charge in [0.15, 0.2) is 0 Å². The van der Waals surface area contributed by atoms with Crippen LogP contribution >= 0.6 is 0 Å². The van der Waals surface area contributed by atoms with Crippen LogP contribution < -0.4 is 5.32 Å². The Morgan fingerprint density at radius 3 is 2.43 bits per heavy atom. The maximum Gasteiger partial charge on any atom is 0.273 e. The summed E-state index contributed by atoms with van der Waals surface area (Å²) in [5.74, 6) is -0.321. The van der Waals surface area contributed by atoms with Crippen LogP contribution in [0.1, 0.15) is 27.0 Å². The Labute approximate surface area is 133 Å². The smallest absolute Gasteiger partial charge is 0.273 e. The average molecular weight is 314 g/mol. The monoisotopic (exact) mass is 314 g/mol. The van der Waals surface area contributed by atoms with Crippen molar-refractivity contribution < 1.29 is 14.8 Å². The third-order valence-electron chi connectivity index (χ3n) is 3.65. The fraction of sp³-hybridized carbons (Fsp3) is 0.235. The number of nitrogens with zero attached hydrogens (tertiary/aromatic N) is 1. The lowest BCUT2D eigenvalue weighted by atomic mass is 10.1. The molecule has 0 heterocycles. The molecule has 6 heteroatoms. The minimum absolute atomic E-state index is 0.00306. The van der Waals surface area contributed by atoms with E-state index < -0.39 is 4.92 Å². The molecule has 0 aromatic heterocycles. The first-order valence-corrected chi connectivity index (χ1v) is 7.24. The minimum atomic E-state index is -0.491. The molecule has 2 aromatic rings. The van der Waals surface area contributed by atoms with E-state index in [1.165, 1.54) is 12.1 Å². The normalized spacial score (nSPS) is 10.3. The van der Waals surface area contributed by atoms with Crippen molar-refractivity contribution in [2.45, 2.75) is 20.0 Å². The van der Waals surface area contributed by atoms with Gasteiger partial charge in [0.25, 0.3) is 11.6 Å². The zero-order valence-corrected chi connectivity index (χ0v) is 12.8. The molecule has 0 aliphatic heterocycles. The van der Waals surface area contributed by atoms with Gasteiger partial charge in [-0.2, -0.15) is 0 Å². The second-order valence-corrected chi connectivity index (χ2v) is 5.19. The fourth-order valence-corrected chi connectivity index (χ4v) is 2.29. The Morgan fingerprint density at radius 1 is 1.17 bits per heavy atom. The lowest BCUT2D eigenvalue weighted by Crippen LogP contribution is -2.26. The number of hydrogen-bond acceptors (Lipinski definition) is 4. The van der Waals surface area contributed by atoms with Crippen molar-refractivity contribution in [3.8, 4) is 0 Å². The van der Waals surface area contributed by atoms with Gasteiger partial charge in [-0.1, -0.05) is 30.3 Å². The van der Waals surface area contributed by atoms with Crippen LogP contribution in [0.15, 0.2) is 42.5 Å². The molecule has 0 saturated heterocycles. The Balaban J connectivity index is 1.97. The highest BCUT2D eigenvalue weighted by atomic mass is 16.6. The van der Waals surface area contributed by atoms with Gasteiger partial charge in [0.1, 0.15) is 0 Å². The molecule has 6 nitrogen and oxygen atoms in total. The minimum Gasteiger partial charge on any atom is -0.392 e. The molecule has 0 bridgehead atoms. The summed E-state index contributed by atoms with van der Waals surface area (Å²) in [6.45, 7) is 2.00. The number of benzene rings is 2.